The van der Waals surface area contributed by atoms with E-state index in [2.05, 4.69) is 10.6 Å². The number of fused-ring (bicyclic) bond motifs is 1. The molecule has 168 valence electrons. The first-order chi connectivity index (χ1) is 15.1. The number of nitrogens with one attached hydrogen (secondary N) is 2. The third-order valence-corrected chi connectivity index (χ3v) is 7.05. The predicted octanol–water partition coefficient (Wildman–Crippen LogP) is 2.88. The number of alkyl halides is 2. The van der Waals surface area contributed by atoms with Crippen molar-refractivity contribution in [2.45, 2.75) is 44.8 Å². The van der Waals surface area contributed by atoms with Crippen molar-refractivity contribution in [1.29, 1.82) is 0 Å². The zero-order valence-corrected chi connectivity index (χ0v) is 18.4. The summed E-state index contributed by atoms with van der Waals surface area (Å²) in [5.41, 5.74) is 1.07. The second kappa shape index (κ2) is 8.25. The van der Waals surface area contributed by atoms with Gasteiger partial charge in [0.1, 0.15) is 6.04 Å². The number of carbonyl (C=O) groups excluding carboxylic acids is 4. The van der Waals surface area contributed by atoms with E-state index in [0.29, 0.717) is 21.6 Å². The van der Waals surface area contributed by atoms with Crippen LogP contribution in [-0.4, -0.2) is 34.6 Å². The Hall–Kier alpha value is -2.85. The summed E-state index contributed by atoms with van der Waals surface area (Å²) in [6.07, 6.45) is 0.357. The van der Waals surface area contributed by atoms with Crippen molar-refractivity contribution < 1.29 is 28.0 Å². The number of thiophene rings is 1. The van der Waals surface area contributed by atoms with Crippen LogP contribution in [0.2, 0.25) is 5.02 Å². The Balaban J connectivity index is 1.45. The highest BCUT2D eigenvalue weighted by atomic mass is 35.5. The summed E-state index contributed by atoms with van der Waals surface area (Å²) in [5.74, 6) is -6.54. The number of hydrogen-bond donors (Lipinski definition) is 2. The number of piperidine rings is 1. The van der Waals surface area contributed by atoms with Gasteiger partial charge in [-0.2, -0.15) is 8.78 Å². The second-order valence-electron chi connectivity index (χ2n) is 7.67. The molecule has 2 aromatic rings. The topological polar surface area (TPSA) is 95.6 Å². The zero-order chi connectivity index (χ0) is 23.2. The summed E-state index contributed by atoms with van der Waals surface area (Å²) in [5, 5.41) is 6.18. The van der Waals surface area contributed by atoms with Gasteiger partial charge in [-0.05, 0) is 30.5 Å². The normalized spacial score (nSPS) is 18.6. The van der Waals surface area contributed by atoms with E-state index < -0.39 is 29.3 Å². The molecule has 2 N–H and O–H groups in total. The lowest BCUT2D eigenvalue weighted by atomic mass is 10.0. The monoisotopic (exact) mass is 481 g/mol. The SMILES string of the molecule is Cc1ccc(C(F)(F)C(=O)NCc2scc3c2CN(C2CCC(=O)NC2=O)C3=O)cc1Cl. The number of rotatable bonds is 5. The van der Waals surface area contributed by atoms with Crippen molar-refractivity contribution >= 4 is 46.6 Å². The number of halogens is 3. The van der Waals surface area contributed by atoms with Crippen molar-refractivity contribution in [2.75, 3.05) is 0 Å². The average molecular weight is 482 g/mol. The first-order valence-electron chi connectivity index (χ1n) is 9.76. The number of carbonyl (C=O) groups is 4. The third kappa shape index (κ3) is 3.88. The van der Waals surface area contributed by atoms with Crippen LogP contribution < -0.4 is 10.6 Å². The summed E-state index contributed by atoms with van der Waals surface area (Å²) in [6.45, 7) is 1.59. The maximum absolute atomic E-state index is 14.6. The Morgan fingerprint density at radius 2 is 2.09 bits per heavy atom. The molecule has 4 amide bonds. The molecule has 2 aliphatic rings. The molecule has 7 nitrogen and oxygen atoms in total. The van der Waals surface area contributed by atoms with Gasteiger partial charge in [-0.15, -0.1) is 11.3 Å². The number of amides is 4. The number of aryl methyl sites for hydroxylation is 1. The minimum absolute atomic E-state index is 0.110. The van der Waals surface area contributed by atoms with Gasteiger partial charge in [-0.1, -0.05) is 23.7 Å². The van der Waals surface area contributed by atoms with Crippen LogP contribution in [-0.2, 0) is 33.4 Å². The fourth-order valence-electron chi connectivity index (χ4n) is 3.74. The van der Waals surface area contributed by atoms with Crippen LogP contribution >= 0.6 is 22.9 Å². The molecule has 0 aliphatic carbocycles. The smallest absolute Gasteiger partial charge is 0.346 e. The Bertz CT molecular complexity index is 1150. The van der Waals surface area contributed by atoms with Gasteiger partial charge >= 0.3 is 5.92 Å². The number of imide groups is 1. The van der Waals surface area contributed by atoms with E-state index in [1.807, 2.05) is 0 Å². The molecule has 1 aromatic heterocycles. The second-order valence-corrected chi connectivity index (χ2v) is 9.04. The number of hydrogen-bond acceptors (Lipinski definition) is 5. The van der Waals surface area contributed by atoms with Crippen molar-refractivity contribution in [1.82, 2.24) is 15.5 Å². The summed E-state index contributed by atoms with van der Waals surface area (Å²) < 4.78 is 29.2. The van der Waals surface area contributed by atoms with Crippen molar-refractivity contribution in [2.24, 2.45) is 0 Å². The number of nitrogens with zero attached hydrogens (tertiary/aromatic N) is 1. The molecule has 2 aliphatic heterocycles. The van der Waals surface area contributed by atoms with Crippen molar-refractivity contribution in [3.63, 3.8) is 0 Å². The predicted molar refractivity (Wildman–Crippen MR) is 112 cm³/mol. The van der Waals surface area contributed by atoms with Crippen molar-refractivity contribution in [3.8, 4) is 0 Å². The Labute approximate surface area is 190 Å². The molecule has 1 unspecified atom stereocenters. The largest absolute Gasteiger partial charge is 0.349 e. The van der Waals surface area contributed by atoms with Gasteiger partial charge in [0.05, 0.1) is 12.1 Å². The lowest BCUT2D eigenvalue weighted by Crippen LogP contribution is -2.52. The molecule has 0 spiro atoms. The molecule has 32 heavy (non-hydrogen) atoms. The van der Waals surface area contributed by atoms with Crippen LogP contribution in [0.5, 0.6) is 0 Å². The van der Waals surface area contributed by atoms with Crippen LogP contribution in [0.1, 0.15) is 44.8 Å². The summed E-state index contributed by atoms with van der Waals surface area (Å²) in [4.78, 5) is 50.4. The number of benzene rings is 1. The maximum Gasteiger partial charge on any atom is 0.349 e. The van der Waals surface area contributed by atoms with Gasteiger partial charge in [0, 0.05) is 33.8 Å². The van der Waals surface area contributed by atoms with Gasteiger partial charge in [-0.25, -0.2) is 0 Å². The quantitative estimate of drug-likeness (QED) is 0.642. The lowest BCUT2D eigenvalue weighted by Gasteiger charge is -2.29. The third-order valence-electron chi connectivity index (χ3n) is 5.62. The molecule has 1 fully saturated rings. The first-order valence-corrected chi connectivity index (χ1v) is 11.0. The lowest BCUT2D eigenvalue weighted by molar-refractivity contribution is -0.147. The van der Waals surface area contributed by atoms with Crippen LogP contribution in [0.3, 0.4) is 0 Å². The first kappa shape index (κ1) is 22.3. The molecule has 1 atom stereocenters. The average Bonchev–Trinajstić information content (AvgIpc) is 3.28. The Morgan fingerprint density at radius 3 is 2.78 bits per heavy atom. The highest BCUT2D eigenvalue weighted by molar-refractivity contribution is 7.10. The fourth-order valence-corrected chi connectivity index (χ4v) is 4.90. The van der Waals surface area contributed by atoms with Crippen LogP contribution in [0.4, 0.5) is 8.78 Å². The van der Waals surface area contributed by atoms with Crippen LogP contribution in [0.25, 0.3) is 0 Å². The standard InChI is InChI=1S/C21H18ClF2N3O4S/c1-10-2-3-11(6-14(10)22)21(23,24)20(31)25-7-16-12-8-27(19(30)13(12)9-32-16)15-4-5-17(28)26-18(15)29/h2-3,6,9,15H,4-5,7-8H2,1H3,(H,25,31)(H,26,28,29). The van der Waals surface area contributed by atoms with E-state index in [9.17, 15) is 28.0 Å². The minimum Gasteiger partial charge on any atom is -0.346 e. The highest BCUT2D eigenvalue weighted by Crippen LogP contribution is 2.35. The molecule has 1 saturated heterocycles. The minimum atomic E-state index is -3.79. The van der Waals surface area contributed by atoms with Gasteiger partial charge in [0.15, 0.2) is 0 Å². The van der Waals surface area contributed by atoms with E-state index in [-0.39, 0.29) is 42.8 Å². The Morgan fingerprint density at radius 1 is 1.34 bits per heavy atom. The summed E-state index contributed by atoms with van der Waals surface area (Å²) in [6, 6.07) is 2.87. The van der Waals surface area contributed by atoms with E-state index in [0.717, 1.165) is 12.1 Å². The maximum atomic E-state index is 14.6. The zero-order valence-electron chi connectivity index (χ0n) is 16.8. The molecule has 0 bridgehead atoms. The van der Waals surface area contributed by atoms with Crippen LogP contribution in [0.15, 0.2) is 23.6 Å². The molecule has 0 radical (unpaired) electrons. The summed E-state index contributed by atoms with van der Waals surface area (Å²) in [7, 11) is 0. The summed E-state index contributed by atoms with van der Waals surface area (Å²) >= 11 is 7.08. The molecular weight excluding hydrogens is 464 g/mol. The van der Waals surface area contributed by atoms with E-state index in [1.54, 1.807) is 12.3 Å². The molecule has 0 saturated carbocycles. The van der Waals surface area contributed by atoms with Gasteiger partial charge in [0.2, 0.25) is 11.8 Å². The molecule has 4 rings (SSSR count). The van der Waals surface area contributed by atoms with Crippen LogP contribution in [0, 0.1) is 6.92 Å². The Kier molecular flexibility index (Phi) is 5.76. The van der Waals surface area contributed by atoms with E-state index in [4.69, 9.17) is 11.6 Å². The molecule has 1 aromatic carbocycles. The van der Waals surface area contributed by atoms with Gasteiger partial charge in [0.25, 0.3) is 11.8 Å². The van der Waals surface area contributed by atoms with E-state index >= 15 is 0 Å². The van der Waals surface area contributed by atoms with Gasteiger partial charge in [-0.3, -0.25) is 24.5 Å². The van der Waals surface area contributed by atoms with E-state index in [1.165, 1.54) is 22.3 Å². The highest BCUT2D eigenvalue weighted by Gasteiger charge is 2.43. The molecule has 11 heteroatoms. The molecule has 3 heterocycles. The molecular formula is C21H18ClF2N3O4S. The fraction of sp³-hybridized carbons (Fsp3) is 0.333. The van der Waals surface area contributed by atoms with Gasteiger partial charge < -0.3 is 10.2 Å². The van der Waals surface area contributed by atoms with Crippen molar-refractivity contribution in [3.05, 3.63) is 55.7 Å².